The van der Waals surface area contributed by atoms with Gasteiger partial charge in [0.1, 0.15) is 36.3 Å². The van der Waals surface area contributed by atoms with E-state index in [2.05, 4.69) is 54.5 Å². The number of Topliss-reactive ketones (excluding diaryl/α,β-unsaturated/α-hetero) is 1. The Labute approximate surface area is 389 Å². The minimum absolute atomic E-state index is 0.0244. The largest absolute Gasteiger partial charge is 0.481 e. The van der Waals surface area contributed by atoms with Crippen molar-refractivity contribution in [2.75, 3.05) is 18.8 Å². The SMILES string of the molecule is CC[C@H](C)[C@H](N)C(=O)N[C@@H](CC(=O)O)C(=O)N[C@@H](CCCN=C(N)N)C(=O)N[C@H](C(=O)N[C@@H](Cc1ccccc1)C(=O)N[C@@H](CCCN=C(N)N)C(=O)N[C@@H](CS)C(=O)C(N)=O)[C@@H](C)CC. The maximum absolute atomic E-state index is 14.3. The van der Waals surface area contributed by atoms with Crippen LogP contribution >= 0.6 is 12.6 Å². The smallest absolute Gasteiger partial charge is 0.305 e. The van der Waals surface area contributed by atoms with E-state index in [0.717, 1.165) is 0 Å². The predicted octanol–water partition coefficient (Wildman–Crippen LogP) is -3.88. The van der Waals surface area contributed by atoms with Crippen molar-refractivity contribution >= 4 is 77.7 Å². The average molecular weight is 949 g/mol. The van der Waals surface area contributed by atoms with Crippen LogP contribution in [0.3, 0.4) is 0 Å². The number of thiol groups is 1. The van der Waals surface area contributed by atoms with E-state index in [9.17, 15) is 48.3 Å². The first-order chi connectivity index (χ1) is 31.1. The van der Waals surface area contributed by atoms with Gasteiger partial charge in [-0.3, -0.25) is 53.1 Å². The number of nitrogens with one attached hydrogen (secondary N) is 6. The Bertz CT molecular complexity index is 1880. The Kier molecular flexibility index (Phi) is 26.0. The van der Waals surface area contributed by atoms with Gasteiger partial charge in [0, 0.05) is 25.3 Å². The van der Waals surface area contributed by atoms with Gasteiger partial charge in [-0.1, -0.05) is 70.9 Å². The molecule has 1 aromatic rings. The van der Waals surface area contributed by atoms with E-state index in [1.165, 1.54) is 0 Å². The lowest BCUT2D eigenvalue weighted by molar-refractivity contribution is -0.141. The summed E-state index contributed by atoms with van der Waals surface area (Å²) in [5, 5.41) is 24.8. The summed E-state index contributed by atoms with van der Waals surface area (Å²) in [6, 6.07) is -1.12. The second-order valence-electron chi connectivity index (χ2n) is 15.7. The van der Waals surface area contributed by atoms with Crippen molar-refractivity contribution in [3.05, 3.63) is 35.9 Å². The lowest BCUT2D eigenvalue weighted by Gasteiger charge is -2.30. The van der Waals surface area contributed by atoms with Gasteiger partial charge in [-0.2, -0.15) is 12.6 Å². The number of amides is 7. The molecule has 368 valence electrons. The minimum Gasteiger partial charge on any atom is -0.481 e. The molecule has 66 heavy (non-hydrogen) atoms. The van der Waals surface area contributed by atoms with Gasteiger partial charge in [-0.15, -0.1) is 0 Å². The van der Waals surface area contributed by atoms with Gasteiger partial charge in [0.2, 0.25) is 41.2 Å². The molecule has 0 aliphatic carbocycles. The number of hydrogen-bond acceptors (Lipinski definition) is 13. The van der Waals surface area contributed by atoms with Gasteiger partial charge >= 0.3 is 5.97 Å². The van der Waals surface area contributed by atoms with E-state index in [1.807, 2.05) is 0 Å². The molecule has 0 aliphatic rings. The molecule has 0 radical (unpaired) electrons. The van der Waals surface area contributed by atoms with Gasteiger partial charge in [-0.25, -0.2) is 0 Å². The summed E-state index contributed by atoms with van der Waals surface area (Å²) in [4.78, 5) is 126. The first-order valence-corrected chi connectivity index (χ1v) is 22.1. The number of carbonyl (C=O) groups excluding carboxylic acids is 8. The van der Waals surface area contributed by atoms with Gasteiger partial charge in [0.05, 0.1) is 12.5 Å². The van der Waals surface area contributed by atoms with E-state index in [4.69, 9.17) is 34.4 Å². The molecule has 0 heterocycles. The summed E-state index contributed by atoms with van der Waals surface area (Å²) < 4.78 is 0. The monoisotopic (exact) mass is 948 g/mol. The van der Waals surface area contributed by atoms with Crippen molar-refractivity contribution in [2.24, 2.45) is 56.2 Å². The van der Waals surface area contributed by atoms with Gasteiger partial charge in [-0.05, 0) is 43.1 Å². The zero-order valence-corrected chi connectivity index (χ0v) is 38.7. The number of aliphatic carboxylic acids is 1. The molecule has 0 aliphatic heterocycles. The number of carboxylic acid groups (broad SMARTS) is 1. The molecule has 0 unspecified atom stereocenters. The molecule has 19 N–H and O–H groups in total. The number of nitrogens with two attached hydrogens (primary N) is 6. The Morgan fingerprint density at radius 1 is 0.606 bits per heavy atom. The van der Waals surface area contributed by atoms with Crippen molar-refractivity contribution in [3.63, 3.8) is 0 Å². The first-order valence-electron chi connectivity index (χ1n) is 21.4. The standard InChI is InChI=1S/C41H68N14O10S/c1-5-21(3)30(42)38(64)52-27(19-29(56)57)37(63)51-25(15-11-17-49-41(46)47)35(61)55-31(22(4)6-2)39(65)53-26(18-23-12-8-7-9-13-23)36(62)50-24(14-10-16-48-40(44)45)34(60)54-28(20-66)32(58)33(43)59/h7-9,12-13,21-22,24-28,30-31,66H,5-6,10-11,14-20,42H2,1-4H3,(H2,43,59)(H,50,62)(H,51,63)(H,52,64)(H,53,65)(H,54,60)(H,55,61)(H,56,57)(H4,44,45,48)(H4,46,47,49)/t21-,22-,24-,25-,26-,27-,28-,30-,31-/m0/s1. The third kappa shape index (κ3) is 21.0. The molecule has 7 amide bonds. The van der Waals surface area contributed by atoms with Crippen molar-refractivity contribution in [1.29, 1.82) is 0 Å². The van der Waals surface area contributed by atoms with Gasteiger partial charge in [0.15, 0.2) is 11.9 Å². The fourth-order valence-corrected chi connectivity index (χ4v) is 6.43. The van der Waals surface area contributed by atoms with Gasteiger partial charge < -0.3 is 71.4 Å². The van der Waals surface area contributed by atoms with Crippen LogP contribution in [-0.2, 0) is 49.6 Å². The molecule has 1 aromatic carbocycles. The molecule has 0 saturated heterocycles. The predicted molar refractivity (Wildman–Crippen MR) is 249 cm³/mol. The maximum Gasteiger partial charge on any atom is 0.305 e. The van der Waals surface area contributed by atoms with E-state index >= 15 is 0 Å². The second kappa shape index (κ2) is 29.8. The fourth-order valence-electron chi connectivity index (χ4n) is 6.17. The molecule has 0 bridgehead atoms. The number of carbonyl (C=O) groups is 9. The summed E-state index contributed by atoms with van der Waals surface area (Å²) in [5.41, 5.74) is 33.5. The molecule has 9 atom stereocenters. The Morgan fingerprint density at radius 3 is 1.50 bits per heavy atom. The number of primary amides is 1. The Balaban J connectivity index is 3.60. The molecule has 1 rings (SSSR count). The summed E-state index contributed by atoms with van der Waals surface area (Å²) in [6.45, 7) is 6.99. The van der Waals surface area contributed by atoms with Crippen LogP contribution in [0.1, 0.15) is 78.2 Å². The number of guanidine groups is 2. The number of rotatable bonds is 31. The van der Waals surface area contributed by atoms with E-state index in [0.29, 0.717) is 18.4 Å². The van der Waals surface area contributed by atoms with Crippen molar-refractivity contribution in [1.82, 2.24) is 31.9 Å². The zero-order valence-electron chi connectivity index (χ0n) is 37.8. The molecule has 0 spiro atoms. The third-order valence-corrected chi connectivity index (χ3v) is 10.9. The molecule has 0 saturated carbocycles. The Hall–Kier alpha value is -6.50. The number of carboxylic acids is 1. The van der Waals surface area contributed by atoms with Crippen LogP contribution in [0, 0.1) is 11.8 Å². The highest BCUT2D eigenvalue weighted by molar-refractivity contribution is 7.80. The van der Waals surface area contributed by atoms with Crippen LogP contribution in [0.2, 0.25) is 0 Å². The maximum atomic E-state index is 14.3. The average Bonchev–Trinajstić information content (AvgIpc) is 3.27. The lowest BCUT2D eigenvalue weighted by atomic mass is 9.96. The van der Waals surface area contributed by atoms with Crippen molar-refractivity contribution in [2.45, 2.75) is 121 Å². The summed E-state index contributed by atoms with van der Waals surface area (Å²) >= 11 is 4.04. The van der Waals surface area contributed by atoms with E-state index in [1.54, 1.807) is 58.0 Å². The second-order valence-corrected chi connectivity index (χ2v) is 16.1. The van der Waals surface area contributed by atoms with Crippen LogP contribution in [0.25, 0.3) is 0 Å². The molecular formula is C41H68N14O10S. The molecule has 0 fully saturated rings. The zero-order chi connectivity index (χ0) is 50.1. The van der Waals surface area contributed by atoms with Crippen molar-refractivity contribution in [3.8, 4) is 0 Å². The number of aliphatic imine (C=N–C) groups is 2. The van der Waals surface area contributed by atoms with Crippen LogP contribution < -0.4 is 66.3 Å². The third-order valence-electron chi connectivity index (χ3n) is 10.5. The Morgan fingerprint density at radius 2 is 1.05 bits per heavy atom. The van der Waals surface area contributed by atoms with Crippen LogP contribution in [0.5, 0.6) is 0 Å². The summed E-state index contributed by atoms with van der Waals surface area (Å²) in [6.07, 6.45) is -0.0313. The highest BCUT2D eigenvalue weighted by Gasteiger charge is 2.36. The quantitative estimate of drug-likeness (QED) is 0.0111. The van der Waals surface area contributed by atoms with E-state index in [-0.39, 0.29) is 68.8 Å². The van der Waals surface area contributed by atoms with Crippen LogP contribution in [0.4, 0.5) is 0 Å². The molecular weight excluding hydrogens is 881 g/mol. The molecule has 24 nitrogen and oxygen atoms in total. The highest BCUT2D eigenvalue weighted by atomic mass is 32.1. The van der Waals surface area contributed by atoms with Crippen LogP contribution in [0.15, 0.2) is 40.3 Å². The van der Waals surface area contributed by atoms with E-state index < -0.39 is 108 Å². The first kappa shape index (κ1) is 57.5. The summed E-state index contributed by atoms with van der Waals surface area (Å²) in [5.74, 6) is -10.8. The minimum atomic E-state index is -1.64. The highest BCUT2D eigenvalue weighted by Crippen LogP contribution is 2.13. The molecule has 25 heteroatoms. The normalized spacial score (nSPS) is 14.9. The fraction of sp³-hybridized carbons (Fsp3) is 0.585. The van der Waals surface area contributed by atoms with Crippen LogP contribution in [-0.4, -0.2) is 131 Å². The van der Waals surface area contributed by atoms with Crippen molar-refractivity contribution < 1.29 is 48.3 Å². The topological polar surface area (TPSA) is 427 Å². The van der Waals surface area contributed by atoms with Gasteiger partial charge in [0.25, 0.3) is 5.91 Å². The summed E-state index contributed by atoms with van der Waals surface area (Å²) in [7, 11) is 0. The lowest BCUT2D eigenvalue weighted by Crippen LogP contribution is -2.61. The number of hydrogen-bond donors (Lipinski definition) is 14. The molecule has 0 aromatic heterocycles. The number of ketones is 1. The number of benzene rings is 1. The number of nitrogens with zero attached hydrogens (tertiary/aromatic N) is 2.